The number of hydrogen-bond acceptors (Lipinski definition) is 5. The average Bonchev–Trinajstić information content (AvgIpc) is 2.68. The Hall–Kier alpha value is -1.55. The van der Waals surface area contributed by atoms with Crippen molar-refractivity contribution >= 4 is 15.9 Å². The number of sulfonamides is 1. The number of carbonyl (C=O) groups excluding carboxylic acids is 1. The first-order valence-corrected chi connectivity index (χ1v) is 10.5. The molecule has 0 aliphatic carbocycles. The predicted octanol–water partition coefficient (Wildman–Crippen LogP) is 1.64. The number of aryl methyl sites for hydroxylation is 1. The normalized spacial score (nSPS) is 22.9. The third-order valence-electron chi connectivity index (χ3n) is 5.73. The number of hydroxylamine groups is 1. The summed E-state index contributed by atoms with van der Waals surface area (Å²) in [6, 6.07) is 7.14. The van der Waals surface area contributed by atoms with E-state index >= 15 is 4.39 Å². The van der Waals surface area contributed by atoms with Crippen LogP contribution in [-0.2, 0) is 25.2 Å². The standard InChI is InChI=1S/C18H25FN2O5S/c1-14-2-4-15(5-3-14)17(19)6-10-21(11-7-17)27(24,25)18(16(22)20-23)8-12-26-13-9-18/h2-5,23H,6-13H2,1H3,(H,20,22). The minimum Gasteiger partial charge on any atom is -0.381 e. The van der Waals surface area contributed by atoms with Gasteiger partial charge in [-0.05, 0) is 25.3 Å². The number of piperidine rings is 1. The van der Waals surface area contributed by atoms with Crippen molar-refractivity contribution < 1.29 is 27.5 Å². The van der Waals surface area contributed by atoms with E-state index in [0.29, 0.717) is 5.56 Å². The van der Waals surface area contributed by atoms with Crippen LogP contribution >= 0.6 is 0 Å². The summed E-state index contributed by atoms with van der Waals surface area (Å²) in [6.07, 6.45) is -0.0564. The number of halogens is 1. The van der Waals surface area contributed by atoms with Gasteiger partial charge >= 0.3 is 0 Å². The molecular weight excluding hydrogens is 375 g/mol. The maximum Gasteiger partial charge on any atom is 0.266 e. The number of alkyl halides is 1. The molecule has 0 unspecified atom stereocenters. The first kappa shape index (κ1) is 20.2. The highest BCUT2D eigenvalue weighted by atomic mass is 32.2. The maximum absolute atomic E-state index is 15.4. The topological polar surface area (TPSA) is 95.9 Å². The first-order chi connectivity index (χ1) is 12.7. The summed E-state index contributed by atoms with van der Waals surface area (Å²) >= 11 is 0. The quantitative estimate of drug-likeness (QED) is 0.592. The average molecular weight is 400 g/mol. The van der Waals surface area contributed by atoms with Crippen LogP contribution in [0.25, 0.3) is 0 Å². The van der Waals surface area contributed by atoms with Gasteiger partial charge in [-0.3, -0.25) is 10.0 Å². The van der Waals surface area contributed by atoms with E-state index in [1.54, 1.807) is 12.1 Å². The van der Waals surface area contributed by atoms with E-state index in [1.807, 2.05) is 19.1 Å². The molecule has 27 heavy (non-hydrogen) atoms. The minimum absolute atomic E-state index is 0.0165. The number of nitrogens with one attached hydrogen (secondary N) is 1. The summed E-state index contributed by atoms with van der Waals surface area (Å²) in [4.78, 5) is 12.3. The molecule has 2 heterocycles. The lowest BCUT2D eigenvalue weighted by Crippen LogP contribution is -2.60. The van der Waals surface area contributed by atoms with Crippen LogP contribution in [0.3, 0.4) is 0 Å². The van der Waals surface area contributed by atoms with Gasteiger partial charge in [0, 0.05) is 39.1 Å². The molecule has 7 nitrogen and oxygen atoms in total. The van der Waals surface area contributed by atoms with Crippen LogP contribution < -0.4 is 5.48 Å². The molecule has 0 bridgehead atoms. The lowest BCUT2D eigenvalue weighted by atomic mass is 9.86. The molecule has 2 fully saturated rings. The number of amides is 1. The second-order valence-corrected chi connectivity index (χ2v) is 9.53. The Morgan fingerprint density at radius 1 is 1.15 bits per heavy atom. The Labute approximate surface area is 158 Å². The monoisotopic (exact) mass is 400 g/mol. The molecule has 2 N–H and O–H groups in total. The maximum atomic E-state index is 15.4. The highest BCUT2D eigenvalue weighted by Gasteiger charge is 2.55. The number of nitrogens with zero attached hydrogens (tertiary/aromatic N) is 1. The van der Waals surface area contributed by atoms with Gasteiger partial charge in [0.15, 0.2) is 4.75 Å². The van der Waals surface area contributed by atoms with Crippen molar-refractivity contribution in [2.75, 3.05) is 26.3 Å². The van der Waals surface area contributed by atoms with Gasteiger partial charge in [0.05, 0.1) is 0 Å². The fourth-order valence-electron chi connectivity index (χ4n) is 3.87. The van der Waals surface area contributed by atoms with E-state index in [2.05, 4.69) is 0 Å². The largest absolute Gasteiger partial charge is 0.381 e. The van der Waals surface area contributed by atoms with Crippen LogP contribution in [0.5, 0.6) is 0 Å². The van der Waals surface area contributed by atoms with Gasteiger partial charge in [0.2, 0.25) is 10.0 Å². The van der Waals surface area contributed by atoms with E-state index in [4.69, 9.17) is 9.94 Å². The van der Waals surface area contributed by atoms with Crippen LogP contribution in [0.1, 0.15) is 36.8 Å². The minimum atomic E-state index is -4.08. The van der Waals surface area contributed by atoms with Crippen LogP contribution in [0.4, 0.5) is 4.39 Å². The third-order valence-corrected chi connectivity index (χ3v) is 8.36. The Kier molecular flexibility index (Phi) is 5.58. The van der Waals surface area contributed by atoms with E-state index in [9.17, 15) is 13.2 Å². The molecule has 0 aromatic heterocycles. The summed E-state index contributed by atoms with van der Waals surface area (Å²) in [6.45, 7) is 2.10. The number of hydrogen-bond donors (Lipinski definition) is 2. The van der Waals surface area contributed by atoms with E-state index in [-0.39, 0.29) is 52.0 Å². The van der Waals surface area contributed by atoms with Gasteiger partial charge in [-0.15, -0.1) is 0 Å². The molecule has 2 aliphatic heterocycles. The van der Waals surface area contributed by atoms with Crippen LogP contribution in [0.15, 0.2) is 24.3 Å². The van der Waals surface area contributed by atoms with Gasteiger partial charge in [-0.1, -0.05) is 29.8 Å². The second kappa shape index (κ2) is 7.46. The lowest BCUT2D eigenvalue weighted by Gasteiger charge is -2.42. The molecule has 0 spiro atoms. The van der Waals surface area contributed by atoms with Crippen molar-refractivity contribution in [1.82, 2.24) is 9.79 Å². The zero-order chi connectivity index (χ0) is 19.7. The SMILES string of the molecule is Cc1ccc(C2(F)CCN(S(=O)(=O)C3(C(=O)NO)CCOCC3)CC2)cc1. The molecule has 1 aromatic rings. The summed E-state index contributed by atoms with van der Waals surface area (Å²) in [5.74, 6) is -0.957. The third kappa shape index (κ3) is 3.49. The second-order valence-electron chi connectivity index (χ2n) is 7.28. The fraction of sp³-hybridized carbons (Fsp3) is 0.611. The Morgan fingerprint density at radius 3 is 2.22 bits per heavy atom. The summed E-state index contributed by atoms with van der Waals surface area (Å²) in [5, 5.41) is 9.08. The molecular formula is C18H25FN2O5S. The van der Waals surface area contributed by atoms with E-state index in [1.165, 1.54) is 9.79 Å². The van der Waals surface area contributed by atoms with Crippen molar-refractivity contribution in [2.24, 2.45) is 0 Å². The van der Waals surface area contributed by atoms with Crippen LogP contribution in [0, 0.1) is 6.92 Å². The van der Waals surface area contributed by atoms with Gasteiger partial charge in [0.25, 0.3) is 5.91 Å². The fourth-order valence-corrected chi connectivity index (χ4v) is 5.99. The smallest absolute Gasteiger partial charge is 0.266 e. The highest BCUT2D eigenvalue weighted by Crippen LogP contribution is 2.40. The number of carbonyl (C=O) groups is 1. The van der Waals surface area contributed by atoms with Gasteiger partial charge in [-0.2, -0.15) is 0 Å². The predicted molar refractivity (Wildman–Crippen MR) is 96.4 cm³/mol. The molecule has 0 saturated carbocycles. The van der Waals surface area contributed by atoms with Gasteiger partial charge < -0.3 is 4.74 Å². The number of ether oxygens (including phenoxy) is 1. The van der Waals surface area contributed by atoms with Crippen molar-refractivity contribution in [3.05, 3.63) is 35.4 Å². The molecule has 150 valence electrons. The van der Waals surface area contributed by atoms with Gasteiger partial charge in [-0.25, -0.2) is 22.6 Å². The molecule has 0 radical (unpaired) electrons. The van der Waals surface area contributed by atoms with E-state index in [0.717, 1.165) is 5.56 Å². The molecule has 9 heteroatoms. The summed E-state index contributed by atoms with van der Waals surface area (Å²) in [7, 11) is -4.08. The molecule has 0 atom stereocenters. The molecule has 2 aliphatic rings. The van der Waals surface area contributed by atoms with Crippen LogP contribution in [0.2, 0.25) is 0 Å². The first-order valence-electron chi connectivity index (χ1n) is 9.03. The van der Waals surface area contributed by atoms with Crippen molar-refractivity contribution in [3.63, 3.8) is 0 Å². The van der Waals surface area contributed by atoms with Crippen molar-refractivity contribution in [1.29, 1.82) is 0 Å². The molecule has 2 saturated heterocycles. The zero-order valence-electron chi connectivity index (χ0n) is 15.3. The summed E-state index contributed by atoms with van der Waals surface area (Å²) < 4.78 is 46.5. The number of rotatable bonds is 4. The highest BCUT2D eigenvalue weighted by molar-refractivity contribution is 7.91. The Balaban J connectivity index is 1.81. The van der Waals surface area contributed by atoms with Gasteiger partial charge in [0.1, 0.15) is 5.67 Å². The van der Waals surface area contributed by atoms with E-state index < -0.39 is 26.3 Å². The zero-order valence-corrected chi connectivity index (χ0v) is 16.1. The molecule has 1 amide bonds. The van der Waals surface area contributed by atoms with Crippen LogP contribution in [-0.4, -0.2) is 54.9 Å². The lowest BCUT2D eigenvalue weighted by molar-refractivity contribution is -0.134. The molecule has 1 aromatic carbocycles. The summed E-state index contributed by atoms with van der Waals surface area (Å²) in [5.41, 5.74) is 1.47. The van der Waals surface area contributed by atoms with Crippen molar-refractivity contribution in [3.8, 4) is 0 Å². The molecule has 3 rings (SSSR count). The van der Waals surface area contributed by atoms with Crippen molar-refractivity contribution in [2.45, 2.75) is 43.0 Å². The Bertz CT molecular complexity index is 782. The Morgan fingerprint density at radius 2 is 1.70 bits per heavy atom. The number of benzene rings is 1.